The molecule has 2 N–H and O–H groups in total. The van der Waals surface area contributed by atoms with Gasteiger partial charge in [0.2, 0.25) is 5.91 Å². The zero-order valence-corrected chi connectivity index (χ0v) is 12.9. The second-order valence-electron chi connectivity index (χ2n) is 5.81. The van der Waals surface area contributed by atoms with Gasteiger partial charge in [-0.2, -0.15) is 13.2 Å². The predicted molar refractivity (Wildman–Crippen MR) is 79.7 cm³/mol. The molecule has 0 saturated carbocycles. The number of halogens is 3. The molecule has 1 aromatic rings. The van der Waals surface area contributed by atoms with Gasteiger partial charge < -0.3 is 10.4 Å². The zero-order chi connectivity index (χ0) is 17.0. The van der Waals surface area contributed by atoms with E-state index in [4.69, 9.17) is 0 Å². The maximum absolute atomic E-state index is 12.9. The Bertz CT molecular complexity index is 548. The predicted octanol–water partition coefficient (Wildman–Crippen LogP) is 2.34. The maximum atomic E-state index is 12.9. The van der Waals surface area contributed by atoms with Crippen molar-refractivity contribution in [3.05, 3.63) is 35.4 Å². The molecule has 1 aromatic carbocycles. The number of carbonyl (C=O) groups is 1. The minimum absolute atomic E-state index is 0.0674. The monoisotopic (exact) mass is 330 g/mol. The van der Waals surface area contributed by atoms with Crippen LogP contribution >= 0.6 is 0 Å². The molecule has 1 aliphatic rings. The quantitative estimate of drug-likeness (QED) is 0.871. The van der Waals surface area contributed by atoms with Crippen molar-refractivity contribution in [2.75, 3.05) is 19.6 Å². The first kappa shape index (κ1) is 17.7. The number of rotatable bonds is 5. The SMILES string of the molecule is CCCNC(=O)CN1C[C@@H](O)C[C@H]1c1cccc(C(F)(F)F)c1. The molecular formula is C16H21F3N2O2. The summed E-state index contributed by atoms with van der Waals surface area (Å²) in [6.45, 7) is 2.84. The third-order valence-corrected chi connectivity index (χ3v) is 3.90. The molecule has 0 unspecified atom stereocenters. The normalized spacial score (nSPS) is 22.3. The number of aliphatic hydroxyl groups is 1. The highest BCUT2D eigenvalue weighted by Crippen LogP contribution is 2.35. The first-order valence-electron chi connectivity index (χ1n) is 7.67. The second kappa shape index (κ2) is 7.31. The van der Waals surface area contributed by atoms with E-state index in [0.29, 0.717) is 18.5 Å². The summed E-state index contributed by atoms with van der Waals surface area (Å²) < 4.78 is 38.6. The number of nitrogens with one attached hydrogen (secondary N) is 1. The molecule has 0 bridgehead atoms. The fourth-order valence-corrected chi connectivity index (χ4v) is 2.83. The van der Waals surface area contributed by atoms with E-state index in [1.165, 1.54) is 6.07 Å². The molecule has 0 aromatic heterocycles. The van der Waals surface area contributed by atoms with Crippen LogP contribution < -0.4 is 5.32 Å². The van der Waals surface area contributed by atoms with Crippen molar-refractivity contribution in [1.29, 1.82) is 0 Å². The number of hydrogen-bond donors (Lipinski definition) is 2. The molecule has 1 saturated heterocycles. The number of nitrogens with zero attached hydrogens (tertiary/aromatic N) is 1. The third-order valence-electron chi connectivity index (χ3n) is 3.90. The summed E-state index contributed by atoms with van der Waals surface area (Å²) in [5.74, 6) is -0.182. The van der Waals surface area contributed by atoms with Crippen molar-refractivity contribution >= 4 is 5.91 Å². The van der Waals surface area contributed by atoms with Gasteiger partial charge in [-0.05, 0) is 30.5 Å². The van der Waals surface area contributed by atoms with E-state index in [1.807, 2.05) is 6.92 Å². The van der Waals surface area contributed by atoms with Crippen molar-refractivity contribution in [2.24, 2.45) is 0 Å². The molecule has 128 valence electrons. The Hall–Kier alpha value is -1.60. The van der Waals surface area contributed by atoms with Gasteiger partial charge in [0.1, 0.15) is 0 Å². The van der Waals surface area contributed by atoms with E-state index < -0.39 is 17.8 Å². The lowest BCUT2D eigenvalue weighted by Crippen LogP contribution is -2.37. The first-order valence-corrected chi connectivity index (χ1v) is 7.67. The van der Waals surface area contributed by atoms with Crippen molar-refractivity contribution in [3.8, 4) is 0 Å². The summed E-state index contributed by atoms with van der Waals surface area (Å²) in [6, 6.07) is 4.69. The van der Waals surface area contributed by atoms with Crippen LogP contribution in [0, 0.1) is 0 Å². The molecule has 7 heteroatoms. The average Bonchev–Trinajstić information content (AvgIpc) is 2.85. The Morgan fingerprint density at radius 1 is 1.43 bits per heavy atom. The van der Waals surface area contributed by atoms with Crippen LogP contribution in [0.15, 0.2) is 24.3 Å². The van der Waals surface area contributed by atoms with E-state index >= 15 is 0 Å². The van der Waals surface area contributed by atoms with Crippen molar-refractivity contribution in [3.63, 3.8) is 0 Å². The molecule has 2 rings (SSSR count). The minimum atomic E-state index is -4.41. The van der Waals surface area contributed by atoms with Gasteiger partial charge in [0, 0.05) is 19.1 Å². The highest BCUT2D eigenvalue weighted by atomic mass is 19.4. The Morgan fingerprint density at radius 2 is 2.17 bits per heavy atom. The lowest BCUT2D eigenvalue weighted by atomic mass is 10.0. The van der Waals surface area contributed by atoms with Crippen LogP contribution in [0.2, 0.25) is 0 Å². The van der Waals surface area contributed by atoms with E-state index in [9.17, 15) is 23.1 Å². The zero-order valence-electron chi connectivity index (χ0n) is 12.9. The Balaban J connectivity index is 2.14. The van der Waals surface area contributed by atoms with Crippen LogP contribution in [-0.4, -0.2) is 41.7 Å². The third kappa shape index (κ3) is 4.68. The number of β-amino-alcohol motifs (C(OH)–C–C–N with tert-alkyl or cyclic N) is 1. The van der Waals surface area contributed by atoms with E-state index in [1.54, 1.807) is 11.0 Å². The van der Waals surface area contributed by atoms with E-state index in [0.717, 1.165) is 18.6 Å². The standard InChI is InChI=1S/C16H21F3N2O2/c1-2-6-20-15(23)10-21-9-13(22)8-14(21)11-4-3-5-12(7-11)16(17,18)19/h3-5,7,13-14,22H,2,6,8-10H2,1H3,(H,20,23)/t13-,14-/m0/s1. The fraction of sp³-hybridized carbons (Fsp3) is 0.562. The summed E-state index contributed by atoms with van der Waals surface area (Å²) in [5.41, 5.74) is -0.244. The number of amides is 1. The molecule has 0 radical (unpaired) electrons. The summed E-state index contributed by atoms with van der Waals surface area (Å²) in [6.07, 6.45) is -3.92. The van der Waals surface area contributed by atoms with Crippen LogP contribution in [-0.2, 0) is 11.0 Å². The highest BCUT2D eigenvalue weighted by Gasteiger charge is 2.35. The van der Waals surface area contributed by atoms with Gasteiger partial charge in [-0.3, -0.25) is 9.69 Å². The lowest BCUT2D eigenvalue weighted by molar-refractivity contribution is -0.137. The smallest absolute Gasteiger partial charge is 0.392 e. The number of benzene rings is 1. The molecule has 1 aliphatic heterocycles. The summed E-state index contributed by atoms with van der Waals surface area (Å²) in [5, 5.41) is 12.6. The van der Waals surface area contributed by atoms with Gasteiger partial charge in [0.25, 0.3) is 0 Å². The Morgan fingerprint density at radius 3 is 2.83 bits per heavy atom. The van der Waals surface area contributed by atoms with Crippen LogP contribution in [0.1, 0.15) is 36.9 Å². The topological polar surface area (TPSA) is 52.6 Å². The minimum Gasteiger partial charge on any atom is -0.392 e. The number of alkyl halides is 3. The largest absolute Gasteiger partial charge is 0.416 e. The molecule has 0 spiro atoms. The molecule has 4 nitrogen and oxygen atoms in total. The van der Waals surface area contributed by atoms with Crippen molar-refractivity contribution in [1.82, 2.24) is 10.2 Å². The van der Waals surface area contributed by atoms with E-state index in [-0.39, 0.29) is 25.0 Å². The molecule has 0 aliphatic carbocycles. The van der Waals surface area contributed by atoms with Gasteiger partial charge >= 0.3 is 6.18 Å². The van der Waals surface area contributed by atoms with Crippen LogP contribution in [0.25, 0.3) is 0 Å². The molecule has 1 heterocycles. The van der Waals surface area contributed by atoms with Crippen molar-refractivity contribution in [2.45, 2.75) is 38.1 Å². The second-order valence-corrected chi connectivity index (χ2v) is 5.81. The van der Waals surface area contributed by atoms with Crippen molar-refractivity contribution < 1.29 is 23.1 Å². The molecular weight excluding hydrogens is 309 g/mol. The van der Waals surface area contributed by atoms with Crippen LogP contribution in [0.3, 0.4) is 0 Å². The Kier molecular flexibility index (Phi) is 5.64. The molecule has 2 atom stereocenters. The van der Waals surface area contributed by atoms with Crippen LogP contribution in [0.5, 0.6) is 0 Å². The first-order chi connectivity index (χ1) is 10.8. The maximum Gasteiger partial charge on any atom is 0.416 e. The van der Waals surface area contributed by atoms with Gasteiger partial charge in [0.15, 0.2) is 0 Å². The molecule has 1 fully saturated rings. The summed E-state index contributed by atoms with van der Waals surface area (Å²) in [4.78, 5) is 13.6. The fourth-order valence-electron chi connectivity index (χ4n) is 2.83. The Labute approximate surface area is 133 Å². The summed E-state index contributed by atoms with van der Waals surface area (Å²) >= 11 is 0. The van der Waals surface area contributed by atoms with E-state index in [2.05, 4.69) is 5.32 Å². The van der Waals surface area contributed by atoms with Gasteiger partial charge in [-0.1, -0.05) is 19.1 Å². The van der Waals surface area contributed by atoms with Gasteiger partial charge in [-0.15, -0.1) is 0 Å². The number of hydrogen-bond acceptors (Lipinski definition) is 3. The number of likely N-dealkylation sites (tertiary alicyclic amines) is 1. The highest BCUT2D eigenvalue weighted by molar-refractivity contribution is 5.78. The number of carbonyl (C=O) groups excluding carboxylic acids is 1. The van der Waals surface area contributed by atoms with Crippen LogP contribution in [0.4, 0.5) is 13.2 Å². The summed E-state index contributed by atoms with van der Waals surface area (Å²) in [7, 11) is 0. The van der Waals surface area contributed by atoms with Gasteiger partial charge in [-0.25, -0.2) is 0 Å². The number of aliphatic hydroxyl groups excluding tert-OH is 1. The molecule has 23 heavy (non-hydrogen) atoms. The lowest BCUT2D eigenvalue weighted by Gasteiger charge is -2.24. The van der Waals surface area contributed by atoms with Gasteiger partial charge in [0.05, 0.1) is 18.2 Å². The molecule has 1 amide bonds. The average molecular weight is 330 g/mol.